The van der Waals surface area contributed by atoms with Gasteiger partial charge in [-0.05, 0) is 24.6 Å². The molecule has 1 amide bonds. The van der Waals surface area contributed by atoms with E-state index in [0.717, 1.165) is 6.42 Å². The minimum atomic E-state index is -0.572. The second kappa shape index (κ2) is 7.33. The fourth-order valence-electron chi connectivity index (χ4n) is 2.87. The molecule has 3 N–H and O–H groups in total. The number of carbonyl (C=O) groups excluding carboxylic acids is 1. The monoisotopic (exact) mass is 367 g/mol. The number of methoxy groups -OCH3 is 1. The largest absolute Gasteiger partial charge is 0.496 e. The summed E-state index contributed by atoms with van der Waals surface area (Å²) in [6.07, 6.45) is 2.29. The van der Waals surface area contributed by atoms with E-state index in [4.69, 9.17) is 10.5 Å². The zero-order valence-electron chi connectivity index (χ0n) is 14.9. The van der Waals surface area contributed by atoms with E-state index in [0.29, 0.717) is 6.54 Å². The number of nitrogen functional groups attached to an aromatic ring is 1. The molecule has 3 rings (SSSR count). The van der Waals surface area contributed by atoms with Crippen molar-refractivity contribution in [3.8, 4) is 22.9 Å². The fourth-order valence-corrected chi connectivity index (χ4v) is 2.87. The Morgan fingerprint density at radius 1 is 1.41 bits per heavy atom. The van der Waals surface area contributed by atoms with Crippen LogP contribution in [0.2, 0.25) is 0 Å². The summed E-state index contributed by atoms with van der Waals surface area (Å²) < 4.78 is 21.4. The molecule has 2 aromatic heterocycles. The van der Waals surface area contributed by atoms with Crippen LogP contribution in [0, 0.1) is 17.1 Å². The maximum Gasteiger partial charge on any atom is 0.273 e. The van der Waals surface area contributed by atoms with Gasteiger partial charge in [-0.25, -0.2) is 9.37 Å². The Balaban J connectivity index is 2.33. The van der Waals surface area contributed by atoms with Gasteiger partial charge in [-0.1, -0.05) is 13.0 Å². The number of hydrogen-bond acceptors (Lipinski definition) is 5. The number of ether oxygens (including phenoxy) is 1. The first-order valence-electron chi connectivity index (χ1n) is 8.35. The third kappa shape index (κ3) is 3.04. The maximum absolute atomic E-state index is 14.7. The first-order chi connectivity index (χ1) is 13.0. The van der Waals surface area contributed by atoms with Crippen LogP contribution < -0.4 is 15.8 Å². The second-order valence-corrected chi connectivity index (χ2v) is 5.83. The highest BCUT2D eigenvalue weighted by atomic mass is 19.1. The van der Waals surface area contributed by atoms with Gasteiger partial charge < -0.3 is 15.8 Å². The Morgan fingerprint density at radius 2 is 2.19 bits per heavy atom. The van der Waals surface area contributed by atoms with E-state index in [1.807, 2.05) is 13.0 Å². The SMILES string of the molecule is CCCNC(=O)c1nc2c(-c3c(F)cccc3OC)c(C#N)ccn2c1N. The molecule has 0 saturated carbocycles. The summed E-state index contributed by atoms with van der Waals surface area (Å²) in [6.45, 7) is 2.40. The van der Waals surface area contributed by atoms with Gasteiger partial charge in [0.1, 0.15) is 23.0 Å². The molecule has 0 unspecified atom stereocenters. The van der Waals surface area contributed by atoms with Crippen LogP contribution in [0.1, 0.15) is 29.4 Å². The van der Waals surface area contributed by atoms with Gasteiger partial charge in [0.15, 0.2) is 5.69 Å². The van der Waals surface area contributed by atoms with Gasteiger partial charge in [0.25, 0.3) is 5.91 Å². The molecule has 8 heteroatoms. The van der Waals surface area contributed by atoms with Crippen molar-refractivity contribution in [1.82, 2.24) is 14.7 Å². The highest BCUT2D eigenvalue weighted by Crippen LogP contribution is 2.38. The van der Waals surface area contributed by atoms with Crippen LogP contribution in [-0.4, -0.2) is 28.9 Å². The van der Waals surface area contributed by atoms with Crippen molar-refractivity contribution in [3.63, 3.8) is 0 Å². The third-order valence-electron chi connectivity index (χ3n) is 4.15. The molecule has 138 valence electrons. The Hall–Kier alpha value is -3.60. The Bertz CT molecular complexity index is 1070. The third-order valence-corrected chi connectivity index (χ3v) is 4.15. The number of benzene rings is 1. The van der Waals surface area contributed by atoms with Gasteiger partial charge in [-0.15, -0.1) is 0 Å². The van der Waals surface area contributed by atoms with E-state index in [1.54, 1.807) is 6.07 Å². The zero-order valence-corrected chi connectivity index (χ0v) is 14.9. The quantitative estimate of drug-likeness (QED) is 0.721. The maximum atomic E-state index is 14.7. The van der Waals surface area contributed by atoms with Crippen LogP contribution in [0.25, 0.3) is 16.8 Å². The van der Waals surface area contributed by atoms with Crippen LogP contribution in [0.3, 0.4) is 0 Å². The summed E-state index contributed by atoms with van der Waals surface area (Å²) in [5.41, 5.74) is 6.82. The number of fused-ring (bicyclic) bond motifs is 1. The standard InChI is InChI=1S/C19H18FN5O2/c1-3-8-23-19(26)16-17(22)25-9-7-11(10-21)14(18(25)24-16)15-12(20)5-4-6-13(15)27-2/h4-7,9H,3,8,22H2,1-2H3,(H,23,26). The van der Waals surface area contributed by atoms with Gasteiger partial charge in [0.2, 0.25) is 0 Å². The number of pyridine rings is 1. The smallest absolute Gasteiger partial charge is 0.273 e. The number of imidazole rings is 1. The lowest BCUT2D eigenvalue weighted by molar-refractivity contribution is 0.0950. The topological polar surface area (TPSA) is 105 Å². The van der Waals surface area contributed by atoms with Crippen LogP contribution in [0.15, 0.2) is 30.5 Å². The molecule has 0 aliphatic carbocycles. The molecule has 27 heavy (non-hydrogen) atoms. The van der Waals surface area contributed by atoms with Gasteiger partial charge >= 0.3 is 0 Å². The number of hydrogen-bond donors (Lipinski definition) is 2. The normalized spacial score (nSPS) is 10.6. The van der Waals surface area contributed by atoms with Gasteiger partial charge in [0.05, 0.1) is 24.3 Å². The van der Waals surface area contributed by atoms with Crippen molar-refractivity contribution < 1.29 is 13.9 Å². The lowest BCUT2D eigenvalue weighted by atomic mass is 10.0. The average molecular weight is 367 g/mol. The van der Waals surface area contributed by atoms with Crippen LogP contribution >= 0.6 is 0 Å². The van der Waals surface area contributed by atoms with Crippen molar-refractivity contribution in [2.24, 2.45) is 0 Å². The summed E-state index contributed by atoms with van der Waals surface area (Å²) in [5, 5.41) is 12.2. The number of nitrogens with two attached hydrogens (primary N) is 1. The Morgan fingerprint density at radius 3 is 2.85 bits per heavy atom. The van der Waals surface area contributed by atoms with Crippen LogP contribution in [0.4, 0.5) is 10.2 Å². The number of aromatic nitrogens is 2. The number of amides is 1. The minimum Gasteiger partial charge on any atom is -0.496 e. The summed E-state index contributed by atoms with van der Waals surface area (Å²) in [6, 6.07) is 7.90. The van der Waals surface area contributed by atoms with Crippen molar-refractivity contribution in [3.05, 3.63) is 47.5 Å². The number of rotatable bonds is 5. The summed E-state index contributed by atoms with van der Waals surface area (Å²) in [5.74, 6) is -0.640. The number of nitrogens with one attached hydrogen (secondary N) is 1. The zero-order chi connectivity index (χ0) is 19.6. The molecule has 0 atom stereocenters. The highest BCUT2D eigenvalue weighted by Gasteiger charge is 2.24. The van der Waals surface area contributed by atoms with Crippen molar-refractivity contribution in [1.29, 1.82) is 5.26 Å². The summed E-state index contributed by atoms with van der Waals surface area (Å²) in [7, 11) is 1.41. The lowest BCUT2D eigenvalue weighted by Gasteiger charge is -2.12. The number of nitrogens with zero attached hydrogens (tertiary/aromatic N) is 3. The fraction of sp³-hybridized carbons (Fsp3) is 0.211. The second-order valence-electron chi connectivity index (χ2n) is 5.83. The molecule has 7 nitrogen and oxygen atoms in total. The molecule has 1 aromatic carbocycles. The number of carbonyl (C=O) groups is 1. The van der Waals surface area contributed by atoms with E-state index >= 15 is 0 Å². The predicted molar refractivity (Wildman–Crippen MR) is 98.9 cm³/mol. The summed E-state index contributed by atoms with van der Waals surface area (Å²) in [4.78, 5) is 16.7. The highest BCUT2D eigenvalue weighted by molar-refractivity contribution is 5.99. The van der Waals surface area contributed by atoms with E-state index in [9.17, 15) is 14.4 Å². The molecule has 0 aliphatic heterocycles. The summed E-state index contributed by atoms with van der Waals surface area (Å²) >= 11 is 0. The Kier molecular flexibility index (Phi) is 4.94. The molecule has 0 radical (unpaired) electrons. The van der Waals surface area contributed by atoms with E-state index in [1.165, 1.54) is 35.9 Å². The van der Waals surface area contributed by atoms with E-state index < -0.39 is 11.7 Å². The molecule has 2 heterocycles. The number of nitriles is 1. The van der Waals surface area contributed by atoms with Crippen molar-refractivity contribution in [2.45, 2.75) is 13.3 Å². The number of anilines is 1. The number of halogens is 1. The first kappa shape index (κ1) is 18.2. The minimum absolute atomic E-state index is 0.0232. The average Bonchev–Trinajstić information content (AvgIpc) is 3.02. The molecule has 0 bridgehead atoms. The van der Waals surface area contributed by atoms with E-state index in [-0.39, 0.29) is 39.6 Å². The molecule has 0 spiro atoms. The van der Waals surface area contributed by atoms with Crippen molar-refractivity contribution in [2.75, 3.05) is 19.4 Å². The molecule has 0 fully saturated rings. The lowest BCUT2D eigenvalue weighted by Crippen LogP contribution is -2.25. The van der Waals surface area contributed by atoms with Crippen LogP contribution in [-0.2, 0) is 0 Å². The first-order valence-corrected chi connectivity index (χ1v) is 8.35. The van der Waals surface area contributed by atoms with Crippen molar-refractivity contribution >= 4 is 17.4 Å². The molecule has 3 aromatic rings. The molecular weight excluding hydrogens is 349 g/mol. The van der Waals surface area contributed by atoms with Crippen LogP contribution in [0.5, 0.6) is 5.75 Å². The Labute approximate surface area is 155 Å². The molecular formula is C19H18FN5O2. The predicted octanol–water partition coefficient (Wildman–Crippen LogP) is 2.74. The molecule has 0 saturated heterocycles. The van der Waals surface area contributed by atoms with Gasteiger partial charge in [-0.3, -0.25) is 9.20 Å². The van der Waals surface area contributed by atoms with Gasteiger partial charge in [-0.2, -0.15) is 5.26 Å². The van der Waals surface area contributed by atoms with Gasteiger partial charge in [0, 0.05) is 18.3 Å². The van der Waals surface area contributed by atoms with E-state index in [2.05, 4.69) is 10.3 Å². The molecule has 0 aliphatic rings.